The molecule has 0 saturated carbocycles. The van der Waals surface area contributed by atoms with E-state index in [-0.39, 0.29) is 0 Å². The lowest BCUT2D eigenvalue weighted by Crippen LogP contribution is -2.13. The first-order valence-electron chi connectivity index (χ1n) is 10.1. The Hall–Kier alpha value is -3.32. The van der Waals surface area contributed by atoms with E-state index in [0.717, 1.165) is 38.5 Å². The second kappa shape index (κ2) is 17.8. The number of allylic oxidation sites excluding steroid dienone is 2. The number of hydrogen-bond acceptors (Lipinski definition) is 3. The van der Waals surface area contributed by atoms with Gasteiger partial charge in [-0.25, -0.2) is 0 Å². The summed E-state index contributed by atoms with van der Waals surface area (Å²) < 4.78 is 0. The highest BCUT2D eigenvalue weighted by atomic mass is 16.3. The topological polar surface area (TPSA) is 67.8 Å². The molecule has 0 atom stereocenters. The third-order valence-corrected chi connectivity index (χ3v) is 3.77. The quantitative estimate of drug-likeness (QED) is 0.268. The predicted molar refractivity (Wildman–Crippen MR) is 124 cm³/mol. The van der Waals surface area contributed by atoms with Gasteiger partial charge in [0.25, 0.3) is 0 Å². The highest BCUT2D eigenvalue weighted by molar-refractivity contribution is 5.15. The molecule has 2 aromatic carbocycles. The lowest BCUT2D eigenvalue weighted by molar-refractivity contribution is 0.141. The second-order valence-corrected chi connectivity index (χ2v) is 7.12. The fraction of sp³-hybridized carbons (Fsp3) is 0.333. The van der Waals surface area contributed by atoms with Crippen LogP contribution in [0.25, 0.3) is 0 Å². The molecule has 2 rings (SSSR count). The molecule has 0 bridgehead atoms. The molecule has 0 radical (unpaired) electrons. The molecule has 156 valence electrons. The number of hydrogen-bond donors (Lipinski definition) is 1. The smallest absolute Gasteiger partial charge is 0.145 e. The third kappa shape index (κ3) is 18.1. The number of benzene rings is 2. The van der Waals surface area contributed by atoms with Crippen LogP contribution < -0.4 is 0 Å². The van der Waals surface area contributed by atoms with Crippen molar-refractivity contribution < 1.29 is 5.11 Å². The molecule has 2 aromatic rings. The van der Waals surface area contributed by atoms with Crippen molar-refractivity contribution in [3.05, 3.63) is 83.9 Å². The van der Waals surface area contributed by atoms with Gasteiger partial charge in [-0.15, -0.1) is 12.3 Å². The molecule has 0 heterocycles. The molecule has 0 aromatic heterocycles. The van der Waals surface area contributed by atoms with Crippen molar-refractivity contribution in [3.8, 4) is 24.5 Å². The van der Waals surface area contributed by atoms with Gasteiger partial charge >= 0.3 is 0 Å². The summed E-state index contributed by atoms with van der Waals surface area (Å²) in [5.41, 5.74) is 1.59. The molecule has 0 aliphatic rings. The monoisotopic (exact) mass is 400 g/mol. The van der Waals surface area contributed by atoms with Crippen LogP contribution in [-0.4, -0.2) is 10.7 Å². The highest BCUT2D eigenvalue weighted by Crippen LogP contribution is 2.05. The molecule has 0 aliphatic heterocycles. The Bertz CT molecular complexity index is 814. The summed E-state index contributed by atoms with van der Waals surface area (Å²) >= 11 is 0. The Balaban J connectivity index is 0.000000450. The van der Waals surface area contributed by atoms with Crippen molar-refractivity contribution in [2.24, 2.45) is 0 Å². The summed E-state index contributed by atoms with van der Waals surface area (Å²) in [5, 5.41) is 24.6. The summed E-state index contributed by atoms with van der Waals surface area (Å²) in [6, 6.07) is 24.5. The summed E-state index contributed by atoms with van der Waals surface area (Å²) in [4.78, 5) is 0. The highest BCUT2D eigenvalue weighted by Gasteiger charge is 2.07. The van der Waals surface area contributed by atoms with Crippen molar-refractivity contribution >= 4 is 0 Å². The molecule has 0 amide bonds. The van der Waals surface area contributed by atoms with Crippen LogP contribution in [0.2, 0.25) is 0 Å². The van der Waals surface area contributed by atoms with Crippen LogP contribution in [0, 0.1) is 35.0 Å². The molecule has 0 aliphatic carbocycles. The number of aliphatic hydroxyl groups is 1. The van der Waals surface area contributed by atoms with Crippen molar-refractivity contribution in [1.82, 2.24) is 0 Å². The number of nitrogens with zero attached hydrogens (tertiary/aromatic N) is 2. The molecule has 3 heteroatoms. The van der Waals surface area contributed by atoms with Crippen LogP contribution >= 0.6 is 0 Å². The van der Waals surface area contributed by atoms with E-state index in [9.17, 15) is 0 Å². The number of nitriles is 2. The lowest BCUT2D eigenvalue weighted by Gasteiger charge is -2.00. The van der Waals surface area contributed by atoms with Gasteiger partial charge in [-0.3, -0.25) is 0 Å². The molecule has 0 unspecified atom stereocenters. The van der Waals surface area contributed by atoms with Gasteiger partial charge in [0.2, 0.25) is 0 Å². The van der Waals surface area contributed by atoms with E-state index in [2.05, 4.69) is 54.5 Å². The van der Waals surface area contributed by atoms with E-state index in [1.807, 2.05) is 24.3 Å². The van der Waals surface area contributed by atoms with Gasteiger partial charge in [-0.1, -0.05) is 66.7 Å². The van der Waals surface area contributed by atoms with Crippen LogP contribution in [-0.2, 0) is 12.8 Å². The maximum atomic E-state index is 8.47. The largest absolute Gasteiger partial charge is 0.376 e. The molecular weight excluding hydrogens is 368 g/mol. The zero-order chi connectivity index (χ0) is 22.5. The van der Waals surface area contributed by atoms with E-state index in [4.69, 9.17) is 22.1 Å². The minimum atomic E-state index is -1.15. The lowest BCUT2D eigenvalue weighted by atomic mass is 10.1. The second-order valence-electron chi connectivity index (χ2n) is 7.12. The van der Waals surface area contributed by atoms with E-state index < -0.39 is 5.60 Å². The molecule has 3 nitrogen and oxygen atoms in total. The number of terminal acetylenes is 1. The van der Waals surface area contributed by atoms with Gasteiger partial charge in [0.15, 0.2) is 0 Å². The molecule has 1 N–H and O–H groups in total. The Labute approximate surface area is 182 Å². The van der Waals surface area contributed by atoms with Crippen molar-refractivity contribution in [2.45, 2.75) is 58.0 Å². The van der Waals surface area contributed by atoms with Gasteiger partial charge in [0.1, 0.15) is 5.60 Å². The van der Waals surface area contributed by atoms with Gasteiger partial charge in [0, 0.05) is 12.5 Å². The van der Waals surface area contributed by atoms with Crippen LogP contribution in [0.4, 0.5) is 0 Å². The summed E-state index contributed by atoms with van der Waals surface area (Å²) in [6.45, 7) is 2.88. The first-order valence-corrected chi connectivity index (χ1v) is 10.1. The third-order valence-electron chi connectivity index (χ3n) is 3.77. The fourth-order valence-corrected chi connectivity index (χ4v) is 2.24. The predicted octanol–water partition coefficient (Wildman–Crippen LogP) is 6.01. The average molecular weight is 401 g/mol. The number of unbranched alkanes of at least 4 members (excludes halogenated alkanes) is 2. The van der Waals surface area contributed by atoms with Gasteiger partial charge < -0.3 is 5.11 Å². The zero-order valence-corrected chi connectivity index (χ0v) is 18.1. The van der Waals surface area contributed by atoms with Crippen molar-refractivity contribution in [1.29, 1.82) is 10.5 Å². The van der Waals surface area contributed by atoms with Gasteiger partial charge in [0.05, 0.1) is 12.1 Å². The maximum absolute atomic E-state index is 8.47. The molecule has 0 spiro atoms. The maximum Gasteiger partial charge on any atom is 0.145 e. The summed E-state index contributed by atoms with van der Waals surface area (Å²) in [7, 11) is 0. The SMILES string of the molecule is C#CCCCc1ccccc1.CC(C)(O)C#N.N#C/C=C/CCCc1ccccc1. The van der Waals surface area contributed by atoms with E-state index in [1.165, 1.54) is 25.0 Å². The average Bonchev–Trinajstić information content (AvgIpc) is 2.76. The Morgan fingerprint density at radius 1 is 0.900 bits per heavy atom. The minimum absolute atomic E-state index is 0.884. The molecular formula is C27H32N2O. The standard InChI is InChI=1S/C12H13N.C11H12.C4H7NO/c13-11-7-2-1-4-8-12-9-5-3-6-10-12;1-2-3-5-8-11-9-6-4-7-10-11;1-4(2,6)3-5/h2-3,5-7,9-10H,1,4,8H2;1,4,6-7,9-10H,3,5,8H2;6H,1-2H3/b7-2+;;. The van der Waals surface area contributed by atoms with Crippen LogP contribution in [0.5, 0.6) is 0 Å². The number of rotatable bonds is 7. The van der Waals surface area contributed by atoms with Crippen molar-refractivity contribution in [3.63, 3.8) is 0 Å². The molecule has 0 fully saturated rings. The van der Waals surface area contributed by atoms with E-state index >= 15 is 0 Å². The molecule has 30 heavy (non-hydrogen) atoms. The van der Waals surface area contributed by atoms with Gasteiger partial charge in [-0.2, -0.15) is 10.5 Å². The first-order chi connectivity index (χ1) is 14.4. The summed E-state index contributed by atoms with van der Waals surface area (Å²) in [6.07, 6.45) is 14.9. The Kier molecular flexibility index (Phi) is 15.8. The Morgan fingerprint density at radius 3 is 1.77 bits per heavy atom. The molecule has 0 saturated heterocycles. The minimum Gasteiger partial charge on any atom is -0.376 e. The van der Waals surface area contributed by atoms with Crippen LogP contribution in [0.15, 0.2) is 72.8 Å². The zero-order valence-electron chi connectivity index (χ0n) is 18.1. The van der Waals surface area contributed by atoms with Gasteiger partial charge in [-0.05, 0) is 57.1 Å². The normalized spacial score (nSPS) is 9.73. The van der Waals surface area contributed by atoms with E-state index in [0.29, 0.717) is 0 Å². The fourth-order valence-electron chi connectivity index (χ4n) is 2.24. The number of aryl methyl sites for hydroxylation is 2. The van der Waals surface area contributed by atoms with Crippen LogP contribution in [0.3, 0.4) is 0 Å². The van der Waals surface area contributed by atoms with Crippen molar-refractivity contribution in [2.75, 3.05) is 0 Å². The Morgan fingerprint density at radius 2 is 1.37 bits per heavy atom. The summed E-state index contributed by atoms with van der Waals surface area (Å²) in [5.74, 6) is 2.64. The van der Waals surface area contributed by atoms with E-state index in [1.54, 1.807) is 12.1 Å². The van der Waals surface area contributed by atoms with Crippen LogP contribution in [0.1, 0.15) is 50.7 Å². The first kappa shape index (κ1) is 26.7.